The van der Waals surface area contributed by atoms with Crippen LogP contribution in [-0.4, -0.2) is 36.5 Å². The Bertz CT molecular complexity index is 629. The molecule has 1 aliphatic heterocycles. The van der Waals surface area contributed by atoms with E-state index in [2.05, 4.69) is 21.2 Å². The van der Waals surface area contributed by atoms with Crippen molar-refractivity contribution in [3.63, 3.8) is 0 Å². The standard InChI is InChI=1S/C14H15BrN2O2.ClH/c1-9-8-16-4-5-17(9)14(18)13-7-10-6-11(15)2-3-12(10)19-13;/h2-3,6-7,9,16H,4-5,8H2,1H3;1H/t9-;/m1./s1. The zero-order valence-corrected chi connectivity index (χ0v) is 13.5. The predicted octanol–water partition coefficient (Wildman–Crippen LogP) is 3.05. The number of halogens is 2. The highest BCUT2D eigenvalue weighted by molar-refractivity contribution is 9.10. The number of hydrogen-bond donors (Lipinski definition) is 1. The second-order valence-electron chi connectivity index (χ2n) is 4.84. The summed E-state index contributed by atoms with van der Waals surface area (Å²) < 4.78 is 6.64. The van der Waals surface area contributed by atoms with Crippen LogP contribution in [-0.2, 0) is 0 Å². The molecule has 2 aromatic rings. The molecule has 1 atom stereocenters. The van der Waals surface area contributed by atoms with E-state index in [9.17, 15) is 4.79 Å². The highest BCUT2D eigenvalue weighted by Crippen LogP contribution is 2.24. The number of amides is 1. The molecule has 1 fully saturated rings. The Hall–Kier alpha value is -1.04. The van der Waals surface area contributed by atoms with Gasteiger partial charge in [0.05, 0.1) is 0 Å². The van der Waals surface area contributed by atoms with Crippen molar-refractivity contribution in [1.29, 1.82) is 0 Å². The Labute approximate surface area is 132 Å². The SMILES string of the molecule is C[C@@H]1CNCCN1C(=O)c1cc2cc(Br)ccc2o1.Cl. The number of carbonyl (C=O) groups excluding carboxylic acids is 1. The molecule has 20 heavy (non-hydrogen) atoms. The third-order valence-electron chi connectivity index (χ3n) is 3.45. The molecular formula is C14H16BrClN2O2. The third kappa shape index (κ3) is 2.85. The normalized spacial score (nSPS) is 18.9. The minimum absolute atomic E-state index is 0. The van der Waals surface area contributed by atoms with Crippen molar-refractivity contribution in [3.8, 4) is 0 Å². The number of furan rings is 1. The summed E-state index contributed by atoms with van der Waals surface area (Å²) in [6, 6.07) is 7.75. The molecule has 0 bridgehead atoms. The average molecular weight is 360 g/mol. The maximum atomic E-state index is 12.5. The van der Waals surface area contributed by atoms with E-state index >= 15 is 0 Å². The zero-order valence-electron chi connectivity index (χ0n) is 11.1. The molecule has 6 heteroatoms. The highest BCUT2D eigenvalue weighted by Gasteiger charge is 2.26. The van der Waals surface area contributed by atoms with Crippen LogP contribution in [0.2, 0.25) is 0 Å². The van der Waals surface area contributed by atoms with Gasteiger partial charge in [-0.3, -0.25) is 4.79 Å². The lowest BCUT2D eigenvalue weighted by Crippen LogP contribution is -2.52. The fraction of sp³-hybridized carbons (Fsp3) is 0.357. The largest absolute Gasteiger partial charge is 0.451 e. The van der Waals surface area contributed by atoms with Crippen LogP contribution in [0.4, 0.5) is 0 Å². The maximum absolute atomic E-state index is 12.5. The van der Waals surface area contributed by atoms with Crippen molar-refractivity contribution < 1.29 is 9.21 Å². The quantitative estimate of drug-likeness (QED) is 0.851. The van der Waals surface area contributed by atoms with Gasteiger partial charge in [-0.1, -0.05) is 15.9 Å². The van der Waals surface area contributed by atoms with Crippen molar-refractivity contribution in [3.05, 3.63) is 34.5 Å². The average Bonchev–Trinajstić information content (AvgIpc) is 2.81. The molecular weight excluding hydrogens is 344 g/mol. The van der Waals surface area contributed by atoms with Crippen LogP contribution in [0.5, 0.6) is 0 Å². The first kappa shape index (κ1) is 15.4. The molecule has 0 aliphatic carbocycles. The maximum Gasteiger partial charge on any atom is 0.289 e. The summed E-state index contributed by atoms with van der Waals surface area (Å²) in [6.45, 7) is 4.43. The number of piperazine rings is 1. The first-order valence-electron chi connectivity index (χ1n) is 6.36. The lowest BCUT2D eigenvalue weighted by Gasteiger charge is -2.33. The molecule has 1 N–H and O–H groups in total. The van der Waals surface area contributed by atoms with Crippen LogP contribution in [0.3, 0.4) is 0 Å². The Morgan fingerprint density at radius 2 is 2.25 bits per heavy atom. The molecule has 0 radical (unpaired) electrons. The van der Waals surface area contributed by atoms with Crippen molar-refractivity contribution >= 4 is 45.2 Å². The van der Waals surface area contributed by atoms with E-state index in [0.717, 1.165) is 35.1 Å². The zero-order chi connectivity index (χ0) is 13.4. The molecule has 0 unspecified atom stereocenters. The van der Waals surface area contributed by atoms with E-state index in [1.807, 2.05) is 36.1 Å². The van der Waals surface area contributed by atoms with Gasteiger partial charge in [-0.15, -0.1) is 12.4 Å². The van der Waals surface area contributed by atoms with Gasteiger partial charge in [-0.25, -0.2) is 0 Å². The summed E-state index contributed by atoms with van der Waals surface area (Å²) in [5.41, 5.74) is 0.745. The molecule has 1 aromatic heterocycles. The van der Waals surface area contributed by atoms with E-state index < -0.39 is 0 Å². The monoisotopic (exact) mass is 358 g/mol. The molecule has 3 rings (SSSR count). The fourth-order valence-electron chi connectivity index (χ4n) is 2.40. The Kier molecular flexibility index (Phi) is 4.73. The molecule has 108 valence electrons. The Morgan fingerprint density at radius 1 is 1.45 bits per heavy atom. The summed E-state index contributed by atoms with van der Waals surface area (Å²) in [6.07, 6.45) is 0. The van der Waals surface area contributed by atoms with Gasteiger partial charge in [0.1, 0.15) is 5.58 Å². The molecule has 1 aliphatic rings. The van der Waals surface area contributed by atoms with Crippen molar-refractivity contribution in [1.82, 2.24) is 10.2 Å². The van der Waals surface area contributed by atoms with Gasteiger partial charge in [0.25, 0.3) is 5.91 Å². The molecule has 0 spiro atoms. The topological polar surface area (TPSA) is 45.5 Å². The first-order chi connectivity index (χ1) is 9.15. The van der Waals surface area contributed by atoms with Gasteiger partial charge in [0.2, 0.25) is 0 Å². The second-order valence-corrected chi connectivity index (χ2v) is 5.76. The number of fused-ring (bicyclic) bond motifs is 1. The number of benzene rings is 1. The predicted molar refractivity (Wildman–Crippen MR) is 84.5 cm³/mol. The Morgan fingerprint density at radius 3 is 3.00 bits per heavy atom. The minimum Gasteiger partial charge on any atom is -0.451 e. The molecule has 4 nitrogen and oxygen atoms in total. The number of rotatable bonds is 1. The van der Waals surface area contributed by atoms with Crippen LogP contribution in [0.15, 0.2) is 33.2 Å². The van der Waals surface area contributed by atoms with Crippen LogP contribution in [0.1, 0.15) is 17.5 Å². The number of carbonyl (C=O) groups is 1. The summed E-state index contributed by atoms with van der Waals surface area (Å²) in [4.78, 5) is 14.3. The number of nitrogens with one attached hydrogen (secondary N) is 1. The highest BCUT2D eigenvalue weighted by atomic mass is 79.9. The van der Waals surface area contributed by atoms with Crippen LogP contribution in [0.25, 0.3) is 11.0 Å². The van der Waals surface area contributed by atoms with Gasteiger partial charge in [0.15, 0.2) is 5.76 Å². The smallest absolute Gasteiger partial charge is 0.289 e. The molecule has 1 amide bonds. The summed E-state index contributed by atoms with van der Waals surface area (Å²) in [7, 11) is 0. The molecule has 0 saturated carbocycles. The first-order valence-corrected chi connectivity index (χ1v) is 7.15. The fourth-order valence-corrected chi connectivity index (χ4v) is 2.78. The van der Waals surface area contributed by atoms with Crippen molar-refractivity contribution in [2.45, 2.75) is 13.0 Å². The minimum atomic E-state index is -0.0266. The molecule has 1 aromatic carbocycles. The lowest BCUT2D eigenvalue weighted by molar-refractivity contribution is 0.0625. The summed E-state index contributed by atoms with van der Waals surface area (Å²) >= 11 is 3.42. The van der Waals surface area contributed by atoms with Crippen LogP contribution in [0, 0.1) is 0 Å². The van der Waals surface area contributed by atoms with Gasteiger partial charge >= 0.3 is 0 Å². The van der Waals surface area contributed by atoms with E-state index in [4.69, 9.17) is 4.42 Å². The van der Waals surface area contributed by atoms with Gasteiger partial charge in [-0.05, 0) is 31.2 Å². The lowest BCUT2D eigenvalue weighted by atomic mass is 10.2. The number of nitrogens with zero attached hydrogens (tertiary/aromatic N) is 1. The van der Waals surface area contributed by atoms with Crippen LogP contribution < -0.4 is 5.32 Å². The summed E-state index contributed by atoms with van der Waals surface area (Å²) in [5, 5.41) is 4.22. The second kappa shape index (κ2) is 6.16. The molecule has 2 heterocycles. The van der Waals surface area contributed by atoms with E-state index in [1.54, 1.807) is 0 Å². The third-order valence-corrected chi connectivity index (χ3v) is 3.94. The van der Waals surface area contributed by atoms with Crippen molar-refractivity contribution in [2.24, 2.45) is 0 Å². The van der Waals surface area contributed by atoms with Gasteiger partial charge in [-0.2, -0.15) is 0 Å². The van der Waals surface area contributed by atoms with Crippen molar-refractivity contribution in [2.75, 3.05) is 19.6 Å². The Balaban J connectivity index is 0.00000147. The van der Waals surface area contributed by atoms with Gasteiger partial charge in [0, 0.05) is 35.5 Å². The van der Waals surface area contributed by atoms with E-state index in [-0.39, 0.29) is 24.4 Å². The van der Waals surface area contributed by atoms with E-state index in [1.165, 1.54) is 0 Å². The summed E-state index contributed by atoms with van der Waals surface area (Å²) in [5.74, 6) is 0.392. The van der Waals surface area contributed by atoms with Crippen LogP contribution >= 0.6 is 28.3 Å². The number of hydrogen-bond acceptors (Lipinski definition) is 3. The van der Waals surface area contributed by atoms with Gasteiger partial charge < -0.3 is 14.6 Å². The molecule has 1 saturated heterocycles. The van der Waals surface area contributed by atoms with E-state index in [0.29, 0.717) is 5.76 Å².